The number of aryl methyl sites for hydroxylation is 1. The third-order valence-corrected chi connectivity index (χ3v) is 2.85. The molecule has 120 valence electrons. The molecule has 1 rings (SSSR count). The maximum atomic E-state index is 11.5. The molecule has 4 heteroatoms. The predicted octanol–water partition coefficient (Wildman–Crippen LogP) is 2.81. The predicted molar refractivity (Wildman–Crippen MR) is 90.8 cm³/mol. The van der Waals surface area contributed by atoms with E-state index in [-0.39, 0.29) is 6.03 Å². The lowest BCUT2D eigenvalue weighted by Gasteiger charge is -2.10. The highest BCUT2D eigenvalue weighted by Crippen LogP contribution is 2.03. The molecule has 0 aliphatic carbocycles. The van der Waals surface area contributed by atoms with Crippen LogP contribution in [0.25, 0.3) is 0 Å². The van der Waals surface area contributed by atoms with E-state index in [2.05, 4.69) is 40.7 Å². The van der Waals surface area contributed by atoms with Crippen LogP contribution in [0.3, 0.4) is 0 Å². The van der Waals surface area contributed by atoms with Crippen molar-refractivity contribution in [2.45, 2.75) is 33.6 Å². The molecule has 0 bridgehead atoms. The molecule has 0 saturated carbocycles. The largest absolute Gasteiger partial charge is 0.338 e. The number of hydrogen-bond acceptors (Lipinski definition) is 2. The molecule has 1 aromatic rings. The van der Waals surface area contributed by atoms with Gasteiger partial charge in [0, 0.05) is 13.1 Å². The number of urea groups is 1. The van der Waals surface area contributed by atoms with E-state index in [0.29, 0.717) is 13.1 Å². The third kappa shape index (κ3) is 10.9. The fourth-order valence-corrected chi connectivity index (χ4v) is 1.85. The molecule has 2 N–H and O–H groups in total. The van der Waals surface area contributed by atoms with Crippen molar-refractivity contribution < 1.29 is 4.79 Å². The second kappa shape index (κ2) is 12.2. The van der Waals surface area contributed by atoms with Crippen LogP contribution in [-0.2, 0) is 6.42 Å². The number of amides is 2. The highest BCUT2D eigenvalue weighted by molar-refractivity contribution is 5.73. The summed E-state index contributed by atoms with van der Waals surface area (Å²) in [5.41, 5.74) is 2.51. The minimum Gasteiger partial charge on any atom is -0.338 e. The van der Waals surface area contributed by atoms with Crippen molar-refractivity contribution in [1.82, 2.24) is 15.5 Å². The van der Waals surface area contributed by atoms with Crippen molar-refractivity contribution in [1.29, 1.82) is 0 Å². The summed E-state index contributed by atoms with van der Waals surface area (Å²) in [7, 11) is 4.06. The normalized spacial score (nSPS) is 9.81. The molecule has 21 heavy (non-hydrogen) atoms. The van der Waals surface area contributed by atoms with Crippen LogP contribution in [0.15, 0.2) is 24.3 Å². The Morgan fingerprint density at radius 3 is 2.43 bits per heavy atom. The van der Waals surface area contributed by atoms with Gasteiger partial charge >= 0.3 is 6.03 Å². The standard InChI is InChI=1S/C15H25N3O.C2H6/c1-13-6-4-7-14(12-13)8-10-17-15(19)16-9-5-11-18(2)3;1-2/h4,6-7,12H,5,8-11H2,1-3H3,(H2,16,17,19);1-2H3. The summed E-state index contributed by atoms with van der Waals surface area (Å²) < 4.78 is 0. The Morgan fingerprint density at radius 1 is 1.14 bits per heavy atom. The first-order chi connectivity index (χ1) is 10.1. The average molecular weight is 293 g/mol. The smallest absolute Gasteiger partial charge is 0.314 e. The molecule has 2 amide bonds. The maximum Gasteiger partial charge on any atom is 0.314 e. The van der Waals surface area contributed by atoms with Gasteiger partial charge in [-0.1, -0.05) is 43.7 Å². The molecule has 0 unspecified atom stereocenters. The lowest BCUT2D eigenvalue weighted by molar-refractivity contribution is 0.240. The van der Waals surface area contributed by atoms with E-state index in [9.17, 15) is 4.79 Å². The van der Waals surface area contributed by atoms with E-state index in [0.717, 1.165) is 19.4 Å². The average Bonchev–Trinajstić information content (AvgIpc) is 2.46. The summed E-state index contributed by atoms with van der Waals surface area (Å²) in [6, 6.07) is 8.28. The van der Waals surface area contributed by atoms with Gasteiger partial charge in [-0.3, -0.25) is 0 Å². The van der Waals surface area contributed by atoms with E-state index in [1.165, 1.54) is 11.1 Å². The number of benzene rings is 1. The Labute approximate surface area is 129 Å². The Bertz CT molecular complexity index is 391. The summed E-state index contributed by atoms with van der Waals surface area (Å²) >= 11 is 0. The fourth-order valence-electron chi connectivity index (χ4n) is 1.85. The zero-order chi connectivity index (χ0) is 16.1. The summed E-state index contributed by atoms with van der Waals surface area (Å²) in [4.78, 5) is 13.6. The molecule has 4 nitrogen and oxygen atoms in total. The van der Waals surface area contributed by atoms with Crippen molar-refractivity contribution >= 4 is 6.03 Å². The van der Waals surface area contributed by atoms with E-state index >= 15 is 0 Å². The van der Waals surface area contributed by atoms with Gasteiger partial charge in [0.15, 0.2) is 0 Å². The Hall–Kier alpha value is -1.55. The van der Waals surface area contributed by atoms with Crippen LogP contribution in [-0.4, -0.2) is 44.7 Å². The van der Waals surface area contributed by atoms with Crippen LogP contribution in [0.5, 0.6) is 0 Å². The van der Waals surface area contributed by atoms with Gasteiger partial charge in [-0.05, 0) is 46.0 Å². The molecular weight excluding hydrogens is 262 g/mol. The minimum atomic E-state index is -0.0774. The molecule has 0 aliphatic heterocycles. The first kappa shape index (κ1) is 19.4. The topological polar surface area (TPSA) is 44.4 Å². The second-order valence-electron chi connectivity index (χ2n) is 5.08. The molecule has 0 heterocycles. The van der Waals surface area contributed by atoms with E-state index in [1.807, 2.05) is 34.0 Å². The highest BCUT2D eigenvalue weighted by Gasteiger charge is 1.99. The van der Waals surface area contributed by atoms with Crippen molar-refractivity contribution in [3.8, 4) is 0 Å². The molecule has 0 radical (unpaired) electrons. The van der Waals surface area contributed by atoms with Crippen molar-refractivity contribution in [3.05, 3.63) is 35.4 Å². The zero-order valence-electron chi connectivity index (χ0n) is 14.2. The van der Waals surface area contributed by atoms with Crippen LogP contribution in [0.2, 0.25) is 0 Å². The van der Waals surface area contributed by atoms with Gasteiger partial charge in [0.2, 0.25) is 0 Å². The summed E-state index contributed by atoms with van der Waals surface area (Å²) in [5.74, 6) is 0. The number of hydrogen-bond donors (Lipinski definition) is 2. The molecule has 0 atom stereocenters. The molecular formula is C17H31N3O. The SMILES string of the molecule is CC.Cc1cccc(CCNC(=O)NCCCN(C)C)c1. The summed E-state index contributed by atoms with van der Waals surface area (Å²) in [5, 5.41) is 5.73. The Kier molecular flexibility index (Phi) is 11.3. The number of nitrogens with zero attached hydrogens (tertiary/aromatic N) is 1. The lowest BCUT2D eigenvalue weighted by Crippen LogP contribution is -2.37. The van der Waals surface area contributed by atoms with Gasteiger partial charge < -0.3 is 15.5 Å². The number of carbonyl (C=O) groups excluding carboxylic acids is 1. The number of nitrogens with one attached hydrogen (secondary N) is 2. The first-order valence-electron chi connectivity index (χ1n) is 7.80. The first-order valence-corrected chi connectivity index (χ1v) is 7.80. The Balaban J connectivity index is 0.00000191. The summed E-state index contributed by atoms with van der Waals surface area (Å²) in [6.07, 6.45) is 1.84. The van der Waals surface area contributed by atoms with E-state index in [4.69, 9.17) is 0 Å². The second-order valence-corrected chi connectivity index (χ2v) is 5.08. The Morgan fingerprint density at radius 2 is 1.81 bits per heavy atom. The van der Waals surface area contributed by atoms with Crippen molar-refractivity contribution in [3.63, 3.8) is 0 Å². The molecule has 0 fully saturated rings. The minimum absolute atomic E-state index is 0.0774. The van der Waals surface area contributed by atoms with Crippen molar-refractivity contribution in [2.24, 2.45) is 0 Å². The lowest BCUT2D eigenvalue weighted by atomic mass is 10.1. The van der Waals surface area contributed by atoms with Crippen LogP contribution in [0, 0.1) is 6.92 Å². The van der Waals surface area contributed by atoms with Gasteiger partial charge in [0.25, 0.3) is 0 Å². The summed E-state index contributed by atoms with van der Waals surface area (Å²) in [6.45, 7) is 8.45. The van der Waals surface area contributed by atoms with Gasteiger partial charge in [0.05, 0.1) is 0 Å². The fraction of sp³-hybridized carbons (Fsp3) is 0.588. The number of rotatable bonds is 7. The highest BCUT2D eigenvalue weighted by atomic mass is 16.2. The molecule has 0 saturated heterocycles. The van der Waals surface area contributed by atoms with Crippen molar-refractivity contribution in [2.75, 3.05) is 33.7 Å². The van der Waals surface area contributed by atoms with Crippen LogP contribution in [0.1, 0.15) is 31.4 Å². The van der Waals surface area contributed by atoms with Crippen LogP contribution >= 0.6 is 0 Å². The number of carbonyl (C=O) groups is 1. The maximum absolute atomic E-state index is 11.5. The third-order valence-electron chi connectivity index (χ3n) is 2.85. The van der Waals surface area contributed by atoms with E-state index < -0.39 is 0 Å². The van der Waals surface area contributed by atoms with Gasteiger partial charge in [-0.25, -0.2) is 4.79 Å². The van der Waals surface area contributed by atoms with Gasteiger partial charge in [-0.15, -0.1) is 0 Å². The molecule has 1 aromatic carbocycles. The van der Waals surface area contributed by atoms with Gasteiger partial charge in [0.1, 0.15) is 0 Å². The van der Waals surface area contributed by atoms with Crippen LogP contribution in [0.4, 0.5) is 4.79 Å². The molecule has 0 aliphatic rings. The quantitative estimate of drug-likeness (QED) is 0.759. The van der Waals surface area contributed by atoms with E-state index in [1.54, 1.807) is 0 Å². The molecule has 0 aromatic heterocycles. The zero-order valence-corrected chi connectivity index (χ0v) is 14.2. The monoisotopic (exact) mass is 293 g/mol. The van der Waals surface area contributed by atoms with Crippen LogP contribution < -0.4 is 10.6 Å². The van der Waals surface area contributed by atoms with Gasteiger partial charge in [-0.2, -0.15) is 0 Å². The molecule has 0 spiro atoms.